The SMILES string of the molecule is CC1(C)OC(=O)CC1OS(=O)(=O)NS(=O)(=O)C(F)(F)F. The quantitative estimate of drug-likeness (QED) is 0.703. The van der Waals surface area contributed by atoms with Gasteiger partial charge in [-0.15, -0.1) is 0 Å². The molecule has 1 unspecified atom stereocenters. The van der Waals surface area contributed by atoms with E-state index in [1.165, 1.54) is 13.8 Å². The number of cyclic esters (lactones) is 1. The molecule has 0 aromatic carbocycles. The molecule has 1 fully saturated rings. The number of rotatable bonds is 4. The summed E-state index contributed by atoms with van der Waals surface area (Å²) >= 11 is 0. The van der Waals surface area contributed by atoms with Crippen LogP contribution in [-0.2, 0) is 34.0 Å². The van der Waals surface area contributed by atoms with Crippen LogP contribution in [0, 0.1) is 0 Å². The Kier molecular flexibility index (Phi) is 4.13. The molecule has 0 aromatic heterocycles. The summed E-state index contributed by atoms with van der Waals surface area (Å²) in [5, 5.41) is 0. The summed E-state index contributed by atoms with van der Waals surface area (Å²) < 4.78 is 89.3. The third-order valence-electron chi connectivity index (χ3n) is 2.26. The molecular weight excluding hydrogens is 331 g/mol. The van der Waals surface area contributed by atoms with E-state index in [2.05, 4.69) is 8.92 Å². The normalized spacial score (nSPS) is 23.6. The molecule has 1 N–H and O–H groups in total. The maximum Gasteiger partial charge on any atom is 0.512 e. The molecule has 1 aliphatic heterocycles. The molecule has 0 aliphatic carbocycles. The lowest BCUT2D eigenvalue weighted by Gasteiger charge is -2.24. The standard InChI is InChI=1S/C7H10F3NO7S2/c1-6(2)4(3-5(12)17-6)18-20(15,16)11-19(13,14)7(8,9)10/h4,11H,3H2,1-2H3. The molecule has 1 heterocycles. The van der Waals surface area contributed by atoms with Gasteiger partial charge in [-0.3, -0.25) is 4.79 Å². The van der Waals surface area contributed by atoms with Crippen molar-refractivity contribution in [1.82, 2.24) is 4.13 Å². The molecule has 118 valence electrons. The van der Waals surface area contributed by atoms with E-state index in [4.69, 9.17) is 0 Å². The third kappa shape index (κ3) is 3.80. The molecule has 0 radical (unpaired) electrons. The zero-order valence-electron chi connectivity index (χ0n) is 10.1. The Labute approximate surface area is 112 Å². The summed E-state index contributed by atoms with van der Waals surface area (Å²) in [6.45, 7) is 2.52. The van der Waals surface area contributed by atoms with Crippen LogP contribution in [0.15, 0.2) is 0 Å². The minimum Gasteiger partial charge on any atom is -0.457 e. The number of nitrogens with one attached hydrogen (secondary N) is 1. The van der Waals surface area contributed by atoms with Gasteiger partial charge in [-0.2, -0.15) is 21.6 Å². The Morgan fingerprint density at radius 2 is 1.80 bits per heavy atom. The van der Waals surface area contributed by atoms with E-state index >= 15 is 0 Å². The highest BCUT2D eigenvalue weighted by Crippen LogP contribution is 2.30. The first-order chi connectivity index (χ1) is 8.66. The number of halogens is 3. The van der Waals surface area contributed by atoms with Crippen LogP contribution in [0.3, 0.4) is 0 Å². The van der Waals surface area contributed by atoms with Crippen LogP contribution in [-0.4, -0.2) is 40.0 Å². The number of alkyl halides is 3. The average Bonchev–Trinajstić information content (AvgIpc) is 2.33. The van der Waals surface area contributed by atoms with Crippen molar-refractivity contribution in [2.75, 3.05) is 0 Å². The van der Waals surface area contributed by atoms with Crippen LogP contribution >= 0.6 is 0 Å². The molecule has 0 bridgehead atoms. The van der Waals surface area contributed by atoms with Gasteiger partial charge in [0, 0.05) is 0 Å². The number of carbonyl (C=O) groups excluding carboxylic acids is 1. The monoisotopic (exact) mass is 341 g/mol. The summed E-state index contributed by atoms with van der Waals surface area (Å²) in [4.78, 5) is 11.0. The molecular formula is C7H10F3NO7S2. The lowest BCUT2D eigenvalue weighted by molar-refractivity contribution is -0.147. The van der Waals surface area contributed by atoms with Crippen LogP contribution in [0.1, 0.15) is 20.3 Å². The van der Waals surface area contributed by atoms with E-state index < -0.39 is 49.9 Å². The number of esters is 1. The summed E-state index contributed by atoms with van der Waals surface area (Å²) in [7, 11) is -11.4. The predicted molar refractivity (Wildman–Crippen MR) is 56.7 cm³/mol. The largest absolute Gasteiger partial charge is 0.512 e. The summed E-state index contributed by atoms with van der Waals surface area (Å²) in [5.41, 5.74) is -7.24. The van der Waals surface area contributed by atoms with E-state index in [-0.39, 0.29) is 0 Å². The molecule has 0 saturated carbocycles. The lowest BCUT2D eigenvalue weighted by atomic mass is 10.0. The van der Waals surface area contributed by atoms with Crippen LogP contribution in [0.2, 0.25) is 0 Å². The van der Waals surface area contributed by atoms with Crippen molar-refractivity contribution >= 4 is 26.3 Å². The number of sulfonamides is 1. The first kappa shape index (κ1) is 17.1. The van der Waals surface area contributed by atoms with E-state index in [0.29, 0.717) is 4.13 Å². The molecule has 8 nitrogen and oxygen atoms in total. The fourth-order valence-electron chi connectivity index (χ4n) is 1.30. The Hall–Kier alpha value is -0.920. The smallest absolute Gasteiger partial charge is 0.457 e. The van der Waals surface area contributed by atoms with E-state index in [1.54, 1.807) is 0 Å². The summed E-state index contributed by atoms with van der Waals surface area (Å²) in [5.74, 6) is -0.825. The molecule has 1 saturated heterocycles. The maximum atomic E-state index is 12.0. The van der Waals surface area contributed by atoms with Crippen molar-refractivity contribution in [2.24, 2.45) is 0 Å². The second-order valence-corrected chi connectivity index (χ2v) is 7.59. The van der Waals surface area contributed by atoms with Crippen LogP contribution in [0.25, 0.3) is 0 Å². The van der Waals surface area contributed by atoms with Crippen molar-refractivity contribution in [3.63, 3.8) is 0 Å². The first-order valence-electron chi connectivity index (χ1n) is 4.91. The predicted octanol–water partition coefficient (Wildman–Crippen LogP) is -0.219. The van der Waals surface area contributed by atoms with E-state index in [0.717, 1.165) is 0 Å². The van der Waals surface area contributed by atoms with Crippen LogP contribution < -0.4 is 4.13 Å². The summed E-state index contributed by atoms with van der Waals surface area (Å²) in [6, 6.07) is 0. The molecule has 1 rings (SSSR count). The Morgan fingerprint density at radius 1 is 1.30 bits per heavy atom. The van der Waals surface area contributed by atoms with Gasteiger partial charge in [0.05, 0.1) is 6.42 Å². The van der Waals surface area contributed by atoms with Crippen LogP contribution in [0.5, 0.6) is 0 Å². The van der Waals surface area contributed by atoms with Gasteiger partial charge in [-0.05, 0) is 13.8 Å². The number of hydrogen-bond acceptors (Lipinski definition) is 7. The van der Waals surface area contributed by atoms with Crippen molar-refractivity contribution < 1.29 is 43.7 Å². The fraction of sp³-hybridized carbons (Fsp3) is 0.857. The van der Waals surface area contributed by atoms with E-state index in [1.807, 2.05) is 0 Å². The first-order valence-corrected chi connectivity index (χ1v) is 7.80. The van der Waals surface area contributed by atoms with Crippen molar-refractivity contribution in [3.05, 3.63) is 0 Å². The van der Waals surface area contributed by atoms with Gasteiger partial charge in [0.2, 0.25) is 0 Å². The molecule has 1 atom stereocenters. The second kappa shape index (κ2) is 4.82. The van der Waals surface area contributed by atoms with Crippen LogP contribution in [0.4, 0.5) is 13.2 Å². The topological polar surface area (TPSA) is 116 Å². The van der Waals surface area contributed by atoms with Gasteiger partial charge in [0.1, 0.15) is 11.7 Å². The zero-order chi connectivity index (χ0) is 16.0. The molecule has 1 aliphatic rings. The minimum absolute atomic E-state index is 0.382. The zero-order valence-corrected chi connectivity index (χ0v) is 11.7. The number of hydrogen-bond donors (Lipinski definition) is 1. The number of carbonyl (C=O) groups is 1. The molecule has 0 aromatic rings. The van der Waals surface area contributed by atoms with Gasteiger partial charge in [0.15, 0.2) is 0 Å². The lowest BCUT2D eigenvalue weighted by Crippen LogP contribution is -2.44. The van der Waals surface area contributed by atoms with Gasteiger partial charge >= 0.3 is 31.8 Å². The maximum absolute atomic E-state index is 12.0. The van der Waals surface area contributed by atoms with Crippen molar-refractivity contribution in [3.8, 4) is 0 Å². The summed E-state index contributed by atoms with van der Waals surface area (Å²) in [6.07, 6.45) is -1.99. The van der Waals surface area contributed by atoms with Gasteiger partial charge in [-0.1, -0.05) is 4.13 Å². The number of ether oxygens (including phenoxy) is 1. The average molecular weight is 341 g/mol. The van der Waals surface area contributed by atoms with E-state index in [9.17, 15) is 34.8 Å². The van der Waals surface area contributed by atoms with Gasteiger partial charge < -0.3 is 4.74 Å². The van der Waals surface area contributed by atoms with Gasteiger partial charge in [-0.25, -0.2) is 12.6 Å². The Bertz CT molecular complexity index is 607. The fourth-order valence-corrected chi connectivity index (χ4v) is 3.52. The highest BCUT2D eigenvalue weighted by molar-refractivity contribution is 8.03. The molecule has 0 amide bonds. The second-order valence-electron chi connectivity index (χ2n) is 4.35. The highest BCUT2D eigenvalue weighted by atomic mass is 32.3. The third-order valence-corrected chi connectivity index (χ3v) is 5.05. The van der Waals surface area contributed by atoms with Gasteiger partial charge in [0.25, 0.3) is 0 Å². The van der Waals surface area contributed by atoms with Crippen molar-refractivity contribution in [2.45, 2.75) is 37.5 Å². The van der Waals surface area contributed by atoms with Crippen molar-refractivity contribution in [1.29, 1.82) is 0 Å². The molecule has 0 spiro atoms. The molecule has 20 heavy (non-hydrogen) atoms. The molecule has 13 heteroatoms. The Morgan fingerprint density at radius 3 is 2.15 bits per heavy atom. The minimum atomic E-state index is -6.14. The highest BCUT2D eigenvalue weighted by Gasteiger charge is 2.51. The Balaban J connectivity index is 2.90.